The lowest BCUT2D eigenvalue weighted by Crippen LogP contribution is -2.36. The molecule has 2 aromatic rings. The van der Waals surface area contributed by atoms with Gasteiger partial charge in [0.05, 0.1) is 6.61 Å². The number of rotatable bonds is 5. The number of hydrogen-bond acceptors (Lipinski definition) is 4. The van der Waals surface area contributed by atoms with Crippen molar-refractivity contribution >= 4 is 5.78 Å². The van der Waals surface area contributed by atoms with Crippen molar-refractivity contribution < 1.29 is 31.8 Å². The highest BCUT2D eigenvalue weighted by atomic mass is 19.3. The first-order valence-corrected chi connectivity index (χ1v) is 8.33. The Bertz CT molecular complexity index is 872. The number of Topliss-reactive ketones (excluding diaryl/α,β-unsaturated/α-hetero) is 1. The van der Waals surface area contributed by atoms with Gasteiger partial charge in [0.15, 0.2) is 5.78 Å². The van der Waals surface area contributed by atoms with E-state index in [9.17, 15) is 22.4 Å². The number of pyridine rings is 1. The summed E-state index contributed by atoms with van der Waals surface area (Å²) in [6.45, 7) is -0.193. The number of carbonyl (C=O) groups is 1. The summed E-state index contributed by atoms with van der Waals surface area (Å²) in [6.07, 6.45) is -0.337. The number of alkyl halides is 2. The molecule has 0 unspecified atom stereocenters. The molecule has 0 spiro atoms. The Hall–Kier alpha value is -2.48. The van der Waals surface area contributed by atoms with Gasteiger partial charge in [-0.05, 0) is 36.1 Å². The van der Waals surface area contributed by atoms with E-state index in [0.29, 0.717) is 17.5 Å². The van der Waals surface area contributed by atoms with Crippen molar-refractivity contribution in [3.8, 4) is 17.0 Å². The Morgan fingerprint density at radius 2 is 2.04 bits per heavy atom. The van der Waals surface area contributed by atoms with Gasteiger partial charge >= 0.3 is 6.61 Å². The molecule has 1 aliphatic rings. The summed E-state index contributed by atoms with van der Waals surface area (Å²) >= 11 is 0. The maximum Gasteiger partial charge on any atom is 0.345 e. The lowest BCUT2D eigenvalue weighted by Gasteiger charge is -2.32. The van der Waals surface area contributed by atoms with Gasteiger partial charge in [-0.2, -0.15) is 8.78 Å². The molecule has 27 heavy (non-hydrogen) atoms. The zero-order chi connectivity index (χ0) is 19.7. The average molecular weight is 383 g/mol. The molecule has 1 aromatic heterocycles. The minimum Gasteiger partial charge on any atom is -0.471 e. The molecule has 4 nitrogen and oxygen atoms in total. The van der Waals surface area contributed by atoms with Crippen molar-refractivity contribution in [3.05, 3.63) is 47.2 Å². The SMILES string of the molecule is CC(=O)c1cc(-c2ccc(F)cc2F)c2c(n1)O[C@@H](COC(F)F)[C@@H](C)C2. The number of halogens is 4. The second-order valence-corrected chi connectivity index (χ2v) is 6.45. The number of ether oxygens (including phenoxy) is 2. The summed E-state index contributed by atoms with van der Waals surface area (Å²) in [6, 6.07) is 4.58. The molecule has 0 aliphatic carbocycles. The quantitative estimate of drug-likeness (QED) is 0.567. The van der Waals surface area contributed by atoms with E-state index < -0.39 is 24.3 Å². The van der Waals surface area contributed by atoms with Gasteiger partial charge in [-0.15, -0.1) is 0 Å². The van der Waals surface area contributed by atoms with Crippen molar-refractivity contribution in [1.82, 2.24) is 4.98 Å². The highest BCUT2D eigenvalue weighted by Gasteiger charge is 2.32. The molecule has 1 aliphatic heterocycles. The van der Waals surface area contributed by atoms with E-state index in [1.165, 1.54) is 19.1 Å². The fraction of sp³-hybridized carbons (Fsp3) is 0.368. The van der Waals surface area contributed by atoms with E-state index in [1.54, 1.807) is 6.92 Å². The molecule has 3 rings (SSSR count). The predicted octanol–water partition coefficient (Wildman–Crippen LogP) is 4.41. The summed E-state index contributed by atoms with van der Waals surface area (Å²) in [7, 11) is 0. The number of fused-ring (bicyclic) bond motifs is 1. The van der Waals surface area contributed by atoms with Crippen molar-refractivity contribution in [2.45, 2.75) is 33.0 Å². The molecule has 2 atom stereocenters. The predicted molar refractivity (Wildman–Crippen MR) is 88.8 cm³/mol. The Balaban J connectivity index is 2.07. The van der Waals surface area contributed by atoms with Crippen LogP contribution in [0.15, 0.2) is 24.3 Å². The van der Waals surface area contributed by atoms with E-state index in [4.69, 9.17) is 4.74 Å². The van der Waals surface area contributed by atoms with Crippen molar-refractivity contribution in [3.63, 3.8) is 0 Å². The molecule has 0 bridgehead atoms. The molecule has 1 aromatic carbocycles. The zero-order valence-electron chi connectivity index (χ0n) is 14.6. The third-order valence-electron chi connectivity index (χ3n) is 4.48. The standard InChI is InChI=1S/C19H17F4NO3/c1-9-5-14-13(12-4-3-11(20)6-15(12)21)7-16(10(2)25)24-18(14)27-17(9)8-26-19(22)23/h3-4,6-7,9,17,19H,5,8H2,1-2H3/t9-,17-/m0/s1. The molecule has 0 saturated carbocycles. The maximum absolute atomic E-state index is 14.3. The summed E-state index contributed by atoms with van der Waals surface area (Å²) in [4.78, 5) is 16.0. The Labute approximate surface area is 153 Å². The van der Waals surface area contributed by atoms with Gasteiger partial charge in [0, 0.05) is 24.1 Å². The molecule has 144 valence electrons. The highest BCUT2D eigenvalue weighted by molar-refractivity contribution is 5.94. The van der Waals surface area contributed by atoms with Gasteiger partial charge in [0.1, 0.15) is 23.4 Å². The number of aromatic nitrogens is 1. The van der Waals surface area contributed by atoms with Crippen molar-refractivity contribution in [1.29, 1.82) is 0 Å². The van der Waals surface area contributed by atoms with Crippen LogP contribution in [0.2, 0.25) is 0 Å². The molecular weight excluding hydrogens is 366 g/mol. The minimum absolute atomic E-state index is 0.0376. The topological polar surface area (TPSA) is 48.4 Å². The zero-order valence-corrected chi connectivity index (χ0v) is 14.6. The van der Waals surface area contributed by atoms with Crippen LogP contribution in [0.25, 0.3) is 11.1 Å². The first kappa shape index (κ1) is 19.3. The Morgan fingerprint density at radius 1 is 1.30 bits per heavy atom. The summed E-state index contributed by atoms with van der Waals surface area (Å²) in [5.41, 5.74) is 1.04. The van der Waals surface area contributed by atoms with Gasteiger partial charge in [-0.3, -0.25) is 4.79 Å². The Kier molecular flexibility index (Phi) is 5.46. The second kappa shape index (κ2) is 7.64. The minimum atomic E-state index is -2.93. The number of carbonyl (C=O) groups excluding carboxylic acids is 1. The van der Waals surface area contributed by atoms with Crippen molar-refractivity contribution in [2.24, 2.45) is 5.92 Å². The van der Waals surface area contributed by atoms with Crippen LogP contribution in [0.5, 0.6) is 5.88 Å². The maximum atomic E-state index is 14.3. The van der Waals surface area contributed by atoms with Crippen LogP contribution in [0.3, 0.4) is 0 Å². The van der Waals surface area contributed by atoms with Gasteiger partial charge in [0.2, 0.25) is 5.88 Å². The number of ketones is 1. The molecule has 0 fully saturated rings. The van der Waals surface area contributed by atoms with E-state index in [0.717, 1.165) is 12.1 Å². The second-order valence-electron chi connectivity index (χ2n) is 6.45. The van der Waals surface area contributed by atoms with Crippen LogP contribution in [0, 0.1) is 17.6 Å². The summed E-state index contributed by atoms with van der Waals surface area (Å²) in [5.74, 6) is -2.02. The van der Waals surface area contributed by atoms with E-state index >= 15 is 0 Å². The average Bonchev–Trinajstić information content (AvgIpc) is 2.59. The van der Waals surface area contributed by atoms with Crippen LogP contribution < -0.4 is 4.74 Å². The van der Waals surface area contributed by atoms with Crippen LogP contribution in [0.1, 0.15) is 29.9 Å². The molecule has 0 amide bonds. The first-order valence-electron chi connectivity index (χ1n) is 8.33. The fourth-order valence-corrected chi connectivity index (χ4v) is 3.05. The van der Waals surface area contributed by atoms with E-state index in [-0.39, 0.29) is 35.4 Å². The third kappa shape index (κ3) is 4.10. The highest BCUT2D eigenvalue weighted by Crippen LogP contribution is 2.38. The summed E-state index contributed by atoms with van der Waals surface area (Å²) < 4.78 is 62.3. The number of hydrogen-bond donors (Lipinski definition) is 0. The monoisotopic (exact) mass is 383 g/mol. The largest absolute Gasteiger partial charge is 0.471 e. The molecular formula is C19H17F4NO3. The Morgan fingerprint density at radius 3 is 2.67 bits per heavy atom. The normalized spacial score (nSPS) is 18.9. The molecule has 0 N–H and O–H groups in total. The van der Waals surface area contributed by atoms with Gasteiger partial charge < -0.3 is 9.47 Å². The number of nitrogens with zero attached hydrogens (tertiary/aromatic N) is 1. The first-order chi connectivity index (χ1) is 12.8. The van der Waals surface area contributed by atoms with Gasteiger partial charge in [0.25, 0.3) is 0 Å². The van der Waals surface area contributed by atoms with Crippen molar-refractivity contribution in [2.75, 3.05) is 6.61 Å². The molecule has 0 saturated heterocycles. The van der Waals surface area contributed by atoms with E-state index in [1.807, 2.05) is 0 Å². The fourth-order valence-electron chi connectivity index (χ4n) is 3.05. The van der Waals surface area contributed by atoms with Crippen LogP contribution >= 0.6 is 0 Å². The third-order valence-corrected chi connectivity index (χ3v) is 4.48. The lowest BCUT2D eigenvalue weighted by molar-refractivity contribution is -0.150. The van der Waals surface area contributed by atoms with Gasteiger partial charge in [-0.1, -0.05) is 6.92 Å². The molecule has 8 heteroatoms. The van der Waals surface area contributed by atoms with Gasteiger partial charge in [-0.25, -0.2) is 13.8 Å². The number of benzene rings is 1. The van der Waals surface area contributed by atoms with Crippen LogP contribution in [-0.4, -0.2) is 30.1 Å². The smallest absolute Gasteiger partial charge is 0.345 e. The summed E-state index contributed by atoms with van der Waals surface area (Å²) in [5, 5.41) is 0. The molecule has 0 radical (unpaired) electrons. The molecule has 2 heterocycles. The van der Waals surface area contributed by atoms with Crippen LogP contribution in [0.4, 0.5) is 17.6 Å². The van der Waals surface area contributed by atoms with Crippen LogP contribution in [-0.2, 0) is 11.2 Å². The van der Waals surface area contributed by atoms with E-state index in [2.05, 4.69) is 9.72 Å². The lowest BCUT2D eigenvalue weighted by atomic mass is 9.88.